The van der Waals surface area contributed by atoms with Gasteiger partial charge in [0, 0.05) is 12.2 Å². The number of nitrogen functional groups attached to an aromatic ring is 1. The van der Waals surface area contributed by atoms with Gasteiger partial charge in [-0.1, -0.05) is 29.8 Å². The van der Waals surface area contributed by atoms with Crippen LogP contribution in [0.5, 0.6) is 0 Å². The van der Waals surface area contributed by atoms with Gasteiger partial charge in [0.15, 0.2) is 0 Å². The van der Waals surface area contributed by atoms with Crippen molar-refractivity contribution in [2.45, 2.75) is 13.5 Å². The van der Waals surface area contributed by atoms with Crippen LogP contribution in [0.1, 0.15) is 11.1 Å². The number of aryl methyl sites for hydroxylation is 1. The van der Waals surface area contributed by atoms with Crippen LogP contribution in [0.3, 0.4) is 0 Å². The average Bonchev–Trinajstić information content (AvgIpc) is 2.47. The number of hydrogen-bond acceptors (Lipinski definition) is 4. The molecule has 0 spiro atoms. The molecular weight excluding hydrogens is 264 g/mol. The largest absolute Gasteiger partial charge is 0.399 e. The Bertz CT molecular complexity index is 837. The molecule has 5 nitrogen and oxygen atoms in total. The van der Waals surface area contributed by atoms with Crippen LogP contribution in [-0.4, -0.2) is 9.97 Å². The molecule has 1 heterocycles. The van der Waals surface area contributed by atoms with Gasteiger partial charge in [-0.2, -0.15) is 0 Å². The van der Waals surface area contributed by atoms with E-state index in [0.717, 1.165) is 5.56 Å². The van der Waals surface area contributed by atoms with Crippen LogP contribution in [0.15, 0.2) is 47.3 Å². The third-order valence-corrected chi connectivity index (χ3v) is 3.31. The lowest BCUT2D eigenvalue weighted by Crippen LogP contribution is -2.13. The fourth-order valence-corrected chi connectivity index (χ4v) is 2.13. The number of nitrogens with two attached hydrogens (primary N) is 1. The van der Waals surface area contributed by atoms with E-state index in [4.69, 9.17) is 5.73 Å². The third kappa shape index (κ3) is 2.86. The van der Waals surface area contributed by atoms with Crippen molar-refractivity contribution in [2.75, 3.05) is 11.1 Å². The van der Waals surface area contributed by atoms with E-state index in [1.54, 1.807) is 18.2 Å². The zero-order valence-electron chi connectivity index (χ0n) is 11.7. The van der Waals surface area contributed by atoms with Gasteiger partial charge in [-0.25, -0.2) is 4.98 Å². The third-order valence-electron chi connectivity index (χ3n) is 3.31. The van der Waals surface area contributed by atoms with Gasteiger partial charge in [-0.15, -0.1) is 0 Å². The molecule has 2 aromatic carbocycles. The van der Waals surface area contributed by atoms with E-state index in [-0.39, 0.29) is 5.56 Å². The highest BCUT2D eigenvalue weighted by atomic mass is 16.1. The first-order chi connectivity index (χ1) is 10.1. The summed E-state index contributed by atoms with van der Waals surface area (Å²) in [5, 5.41) is 3.63. The number of aromatic amines is 1. The van der Waals surface area contributed by atoms with Crippen LogP contribution in [0.25, 0.3) is 10.9 Å². The van der Waals surface area contributed by atoms with Gasteiger partial charge in [0.25, 0.3) is 5.56 Å². The molecule has 5 heteroatoms. The first kappa shape index (κ1) is 13.2. The molecule has 0 fully saturated rings. The van der Waals surface area contributed by atoms with Crippen LogP contribution >= 0.6 is 0 Å². The smallest absolute Gasteiger partial charge is 0.260 e. The second kappa shape index (κ2) is 5.28. The molecule has 0 aliphatic heterocycles. The van der Waals surface area contributed by atoms with Crippen LogP contribution < -0.4 is 16.6 Å². The van der Waals surface area contributed by atoms with Crippen LogP contribution in [-0.2, 0) is 6.54 Å². The Balaban J connectivity index is 1.86. The molecule has 3 rings (SSSR count). The van der Waals surface area contributed by atoms with Crippen LogP contribution in [0, 0.1) is 6.92 Å². The molecule has 21 heavy (non-hydrogen) atoms. The van der Waals surface area contributed by atoms with E-state index < -0.39 is 0 Å². The van der Waals surface area contributed by atoms with Gasteiger partial charge >= 0.3 is 0 Å². The number of nitrogens with zero attached hydrogens (tertiary/aromatic N) is 1. The summed E-state index contributed by atoms with van der Waals surface area (Å²) in [5.74, 6) is 0.456. The quantitative estimate of drug-likeness (QED) is 0.643. The summed E-state index contributed by atoms with van der Waals surface area (Å²) in [4.78, 5) is 19.1. The molecule has 0 unspecified atom stereocenters. The summed E-state index contributed by atoms with van der Waals surface area (Å²) in [7, 11) is 0. The highest BCUT2D eigenvalue weighted by Gasteiger charge is 2.04. The minimum absolute atomic E-state index is 0.196. The zero-order chi connectivity index (χ0) is 14.8. The predicted octanol–water partition coefficient (Wildman–Crippen LogP) is 2.43. The van der Waals surface area contributed by atoms with Gasteiger partial charge < -0.3 is 11.1 Å². The maximum atomic E-state index is 12.0. The number of aromatic nitrogens is 2. The molecule has 0 atom stereocenters. The van der Waals surface area contributed by atoms with E-state index in [1.807, 2.05) is 19.1 Å². The Morgan fingerprint density at radius 1 is 1.19 bits per heavy atom. The number of hydrogen-bond donors (Lipinski definition) is 3. The molecule has 0 aliphatic rings. The number of H-pyrrole nitrogens is 1. The molecule has 0 saturated carbocycles. The zero-order valence-corrected chi connectivity index (χ0v) is 11.7. The lowest BCUT2D eigenvalue weighted by atomic mass is 10.1. The lowest BCUT2D eigenvalue weighted by molar-refractivity contribution is 1.06. The van der Waals surface area contributed by atoms with Gasteiger partial charge in [0.1, 0.15) is 0 Å². The van der Waals surface area contributed by atoms with Gasteiger partial charge in [0.2, 0.25) is 5.95 Å². The van der Waals surface area contributed by atoms with Crippen molar-refractivity contribution in [3.63, 3.8) is 0 Å². The number of benzene rings is 2. The second-order valence-corrected chi connectivity index (χ2v) is 5.03. The van der Waals surface area contributed by atoms with E-state index in [1.165, 1.54) is 5.56 Å². The van der Waals surface area contributed by atoms with Gasteiger partial charge in [-0.3, -0.25) is 9.78 Å². The van der Waals surface area contributed by atoms with E-state index in [0.29, 0.717) is 29.1 Å². The Labute approximate surface area is 121 Å². The average molecular weight is 280 g/mol. The summed E-state index contributed by atoms with van der Waals surface area (Å²) >= 11 is 0. The van der Waals surface area contributed by atoms with Crippen molar-refractivity contribution < 1.29 is 0 Å². The Morgan fingerprint density at radius 3 is 2.71 bits per heavy atom. The number of nitrogens with one attached hydrogen (secondary N) is 2. The summed E-state index contributed by atoms with van der Waals surface area (Å²) in [6.45, 7) is 2.65. The SMILES string of the molecule is Cc1ccc(CNc2nc3ccc(N)cc3c(=O)[nH]2)cc1. The van der Waals surface area contributed by atoms with Crippen molar-refractivity contribution in [3.05, 3.63) is 63.9 Å². The van der Waals surface area contributed by atoms with Crippen LogP contribution in [0.4, 0.5) is 11.6 Å². The number of fused-ring (bicyclic) bond motifs is 1. The van der Waals surface area contributed by atoms with Crippen molar-refractivity contribution in [3.8, 4) is 0 Å². The molecule has 0 saturated heterocycles. The topological polar surface area (TPSA) is 83.8 Å². The molecule has 3 aromatic rings. The number of rotatable bonds is 3. The Kier molecular flexibility index (Phi) is 3.31. The first-order valence-electron chi connectivity index (χ1n) is 6.71. The molecule has 106 valence electrons. The van der Waals surface area contributed by atoms with E-state index in [2.05, 4.69) is 27.4 Å². The molecule has 0 aliphatic carbocycles. The second-order valence-electron chi connectivity index (χ2n) is 5.03. The molecule has 0 bridgehead atoms. The summed E-state index contributed by atoms with van der Waals surface area (Å²) in [5.41, 5.74) is 9.00. The summed E-state index contributed by atoms with van der Waals surface area (Å²) < 4.78 is 0. The minimum Gasteiger partial charge on any atom is -0.399 e. The molecular formula is C16H16N4O. The lowest BCUT2D eigenvalue weighted by Gasteiger charge is -2.07. The van der Waals surface area contributed by atoms with Gasteiger partial charge in [0.05, 0.1) is 10.9 Å². The summed E-state index contributed by atoms with van der Waals surface area (Å²) in [6, 6.07) is 13.3. The van der Waals surface area contributed by atoms with Crippen molar-refractivity contribution in [1.82, 2.24) is 9.97 Å². The predicted molar refractivity (Wildman–Crippen MR) is 85.3 cm³/mol. The monoisotopic (exact) mass is 280 g/mol. The fraction of sp³-hybridized carbons (Fsp3) is 0.125. The first-order valence-corrected chi connectivity index (χ1v) is 6.71. The van der Waals surface area contributed by atoms with Crippen LogP contribution in [0.2, 0.25) is 0 Å². The van der Waals surface area contributed by atoms with Crippen molar-refractivity contribution in [1.29, 1.82) is 0 Å². The minimum atomic E-state index is -0.196. The highest BCUT2D eigenvalue weighted by molar-refractivity contribution is 5.81. The number of anilines is 2. The summed E-state index contributed by atoms with van der Waals surface area (Å²) in [6.07, 6.45) is 0. The standard InChI is InChI=1S/C16H16N4O/c1-10-2-4-11(5-3-10)9-18-16-19-14-7-6-12(17)8-13(14)15(21)20-16/h2-8H,9,17H2,1H3,(H2,18,19,20,21). The molecule has 0 amide bonds. The Morgan fingerprint density at radius 2 is 1.95 bits per heavy atom. The van der Waals surface area contributed by atoms with Crippen molar-refractivity contribution in [2.24, 2.45) is 0 Å². The maximum absolute atomic E-state index is 12.0. The molecule has 0 radical (unpaired) electrons. The van der Waals surface area contributed by atoms with E-state index >= 15 is 0 Å². The van der Waals surface area contributed by atoms with Crippen molar-refractivity contribution >= 4 is 22.5 Å². The fourth-order valence-electron chi connectivity index (χ4n) is 2.13. The normalized spacial score (nSPS) is 10.7. The maximum Gasteiger partial charge on any atom is 0.260 e. The highest BCUT2D eigenvalue weighted by Crippen LogP contribution is 2.13. The Hall–Kier alpha value is -2.82. The molecule has 1 aromatic heterocycles. The van der Waals surface area contributed by atoms with E-state index in [9.17, 15) is 4.79 Å². The molecule has 4 N–H and O–H groups in total. The van der Waals surface area contributed by atoms with Gasteiger partial charge in [-0.05, 0) is 30.7 Å².